The predicted octanol–water partition coefficient (Wildman–Crippen LogP) is 2.51. The summed E-state index contributed by atoms with van der Waals surface area (Å²) in [6, 6.07) is 0. The van der Waals surface area contributed by atoms with Crippen LogP contribution in [0.4, 0.5) is 13.2 Å². The molecule has 0 saturated carbocycles. The zero-order chi connectivity index (χ0) is 12.4. The molecule has 0 fully saturated rings. The van der Waals surface area contributed by atoms with Crippen molar-refractivity contribution in [2.45, 2.75) is 31.7 Å². The summed E-state index contributed by atoms with van der Waals surface area (Å²) in [7, 11) is 0. The fourth-order valence-electron chi connectivity index (χ4n) is 1.35. The maximum Gasteiger partial charge on any atom is 0.572 e. The Kier molecular flexibility index (Phi) is 3.34. The maximum absolute atomic E-state index is 11.9. The molecule has 0 bridgehead atoms. The molecule has 2 nitrogen and oxygen atoms in total. The minimum absolute atomic E-state index is 0.0726. The zero-order valence-electron chi connectivity index (χ0n) is 8.64. The number of terminal acetylenes is 1. The number of ether oxygens (including phenoxy) is 1. The van der Waals surface area contributed by atoms with Gasteiger partial charge in [-0.15, -0.1) is 19.6 Å². The molecule has 0 aromatic heterocycles. The first-order chi connectivity index (χ1) is 7.24. The number of hydrogen-bond donors (Lipinski definition) is 1. The van der Waals surface area contributed by atoms with Gasteiger partial charge in [-0.1, -0.05) is 12.0 Å². The van der Waals surface area contributed by atoms with E-state index in [1.165, 1.54) is 19.1 Å². The summed E-state index contributed by atoms with van der Waals surface area (Å²) in [5, 5.41) is 9.67. The molecule has 0 aromatic carbocycles. The molecule has 1 unspecified atom stereocenters. The van der Waals surface area contributed by atoms with Crippen molar-refractivity contribution in [3.8, 4) is 12.3 Å². The van der Waals surface area contributed by atoms with E-state index in [0.717, 1.165) is 0 Å². The highest BCUT2D eigenvalue weighted by Gasteiger charge is 2.33. The van der Waals surface area contributed by atoms with Gasteiger partial charge in [0.15, 0.2) is 0 Å². The second-order valence-corrected chi connectivity index (χ2v) is 3.59. The van der Waals surface area contributed by atoms with E-state index in [4.69, 9.17) is 6.42 Å². The lowest BCUT2D eigenvalue weighted by atomic mass is 9.89. The van der Waals surface area contributed by atoms with Gasteiger partial charge < -0.3 is 9.84 Å². The van der Waals surface area contributed by atoms with E-state index in [0.29, 0.717) is 5.57 Å². The van der Waals surface area contributed by atoms with E-state index in [-0.39, 0.29) is 18.6 Å². The van der Waals surface area contributed by atoms with Gasteiger partial charge in [-0.05, 0) is 25.0 Å². The number of alkyl halides is 3. The minimum atomic E-state index is -4.67. The van der Waals surface area contributed by atoms with Crippen molar-refractivity contribution < 1.29 is 23.0 Å². The van der Waals surface area contributed by atoms with E-state index in [1.54, 1.807) is 0 Å². The van der Waals surface area contributed by atoms with Crippen LogP contribution in [-0.4, -0.2) is 17.1 Å². The Labute approximate surface area is 91.4 Å². The van der Waals surface area contributed by atoms with Crippen molar-refractivity contribution in [2.75, 3.05) is 0 Å². The highest BCUT2D eigenvalue weighted by molar-refractivity contribution is 5.33. The fourth-order valence-corrected chi connectivity index (χ4v) is 1.35. The van der Waals surface area contributed by atoms with Crippen LogP contribution in [0.5, 0.6) is 0 Å². The van der Waals surface area contributed by atoms with Crippen LogP contribution in [0.3, 0.4) is 0 Å². The van der Waals surface area contributed by atoms with Crippen molar-refractivity contribution in [2.24, 2.45) is 0 Å². The molecular formula is C11H11F3O2. The average Bonchev–Trinajstić information content (AvgIpc) is 2.16. The number of hydrogen-bond acceptors (Lipinski definition) is 2. The number of halogens is 3. The third-order valence-electron chi connectivity index (χ3n) is 2.26. The van der Waals surface area contributed by atoms with Crippen LogP contribution < -0.4 is 0 Å². The molecule has 1 N–H and O–H groups in total. The van der Waals surface area contributed by atoms with E-state index in [1.807, 2.05) is 0 Å². The van der Waals surface area contributed by atoms with Crippen molar-refractivity contribution in [1.29, 1.82) is 0 Å². The standard InChI is InChI=1S/C11H11F3O2/c1-3-10(2,15)8-4-6-9(7-5-8)16-11(12,13)14/h1,4,6,15H,5,7H2,2H3. The fraction of sp³-hybridized carbons (Fsp3) is 0.455. The molecule has 5 heteroatoms. The smallest absolute Gasteiger partial charge is 0.410 e. The van der Waals surface area contributed by atoms with Crippen molar-refractivity contribution in [3.63, 3.8) is 0 Å². The highest BCUT2D eigenvalue weighted by Crippen LogP contribution is 2.30. The lowest BCUT2D eigenvalue weighted by Crippen LogP contribution is -2.26. The summed E-state index contributed by atoms with van der Waals surface area (Å²) < 4.78 is 39.4. The molecule has 88 valence electrons. The zero-order valence-corrected chi connectivity index (χ0v) is 8.64. The van der Waals surface area contributed by atoms with E-state index < -0.39 is 12.0 Å². The van der Waals surface area contributed by atoms with Gasteiger partial charge in [-0.3, -0.25) is 0 Å². The minimum Gasteiger partial charge on any atom is -0.410 e. The molecule has 16 heavy (non-hydrogen) atoms. The molecule has 1 aliphatic carbocycles. The summed E-state index contributed by atoms with van der Waals surface area (Å²) >= 11 is 0. The van der Waals surface area contributed by atoms with Gasteiger partial charge in [0, 0.05) is 6.42 Å². The van der Waals surface area contributed by atoms with Gasteiger partial charge in [0.1, 0.15) is 11.4 Å². The third kappa shape index (κ3) is 3.31. The Morgan fingerprint density at radius 2 is 2.00 bits per heavy atom. The summed E-state index contributed by atoms with van der Waals surface area (Å²) in [6.07, 6.45) is 3.29. The average molecular weight is 232 g/mol. The molecule has 0 heterocycles. The number of aliphatic hydroxyl groups is 1. The molecular weight excluding hydrogens is 221 g/mol. The van der Waals surface area contributed by atoms with Crippen molar-refractivity contribution in [3.05, 3.63) is 23.5 Å². The van der Waals surface area contributed by atoms with Gasteiger partial charge in [0.25, 0.3) is 0 Å². The molecule has 0 aliphatic heterocycles. The molecule has 1 rings (SSSR count). The first kappa shape index (κ1) is 12.7. The summed E-state index contributed by atoms with van der Waals surface area (Å²) in [5.74, 6) is 1.99. The normalized spacial score (nSPS) is 20.2. The molecule has 0 saturated heterocycles. The number of allylic oxidation sites excluding steroid dienone is 3. The van der Waals surface area contributed by atoms with Crippen LogP contribution in [-0.2, 0) is 4.74 Å². The van der Waals surface area contributed by atoms with Crippen molar-refractivity contribution in [1.82, 2.24) is 0 Å². The lowest BCUT2D eigenvalue weighted by molar-refractivity contribution is -0.306. The monoisotopic (exact) mass is 232 g/mol. The lowest BCUT2D eigenvalue weighted by Gasteiger charge is -2.24. The van der Waals surface area contributed by atoms with Gasteiger partial charge in [-0.2, -0.15) is 0 Å². The van der Waals surface area contributed by atoms with Gasteiger partial charge in [0.2, 0.25) is 0 Å². The molecule has 0 radical (unpaired) electrons. The van der Waals surface area contributed by atoms with Crippen LogP contribution >= 0.6 is 0 Å². The Bertz CT molecular complexity index is 370. The number of rotatable bonds is 2. The molecule has 0 amide bonds. The maximum atomic E-state index is 11.9. The van der Waals surface area contributed by atoms with E-state index in [9.17, 15) is 18.3 Å². The Hall–Kier alpha value is -1.41. The predicted molar refractivity (Wildman–Crippen MR) is 52.0 cm³/mol. The SMILES string of the molecule is C#CC(C)(O)C1=CC=C(OC(F)(F)F)CC1. The topological polar surface area (TPSA) is 29.5 Å². The molecule has 1 atom stereocenters. The summed E-state index contributed by atoms with van der Waals surface area (Å²) in [5.41, 5.74) is -0.912. The van der Waals surface area contributed by atoms with Crippen LogP contribution in [0.15, 0.2) is 23.5 Å². The van der Waals surface area contributed by atoms with Crippen LogP contribution in [0.2, 0.25) is 0 Å². The highest BCUT2D eigenvalue weighted by atomic mass is 19.4. The third-order valence-corrected chi connectivity index (χ3v) is 2.26. The first-order valence-corrected chi connectivity index (χ1v) is 4.61. The molecule has 1 aliphatic rings. The van der Waals surface area contributed by atoms with E-state index >= 15 is 0 Å². The molecule has 0 aromatic rings. The second kappa shape index (κ2) is 4.22. The van der Waals surface area contributed by atoms with Gasteiger partial charge >= 0.3 is 6.36 Å². The second-order valence-electron chi connectivity index (χ2n) is 3.59. The van der Waals surface area contributed by atoms with Crippen molar-refractivity contribution >= 4 is 0 Å². The van der Waals surface area contributed by atoms with Gasteiger partial charge in [-0.25, -0.2) is 0 Å². The van der Waals surface area contributed by atoms with Crippen LogP contribution in [0.1, 0.15) is 19.8 Å². The Morgan fingerprint density at radius 1 is 1.38 bits per heavy atom. The Balaban J connectivity index is 2.77. The van der Waals surface area contributed by atoms with Crippen LogP contribution in [0, 0.1) is 12.3 Å². The van der Waals surface area contributed by atoms with Crippen LogP contribution in [0.25, 0.3) is 0 Å². The quantitative estimate of drug-likeness (QED) is 0.741. The Morgan fingerprint density at radius 3 is 2.38 bits per heavy atom. The summed E-state index contributed by atoms with van der Waals surface area (Å²) in [4.78, 5) is 0. The van der Waals surface area contributed by atoms with E-state index in [2.05, 4.69) is 10.7 Å². The van der Waals surface area contributed by atoms with Gasteiger partial charge in [0.05, 0.1) is 0 Å². The summed E-state index contributed by atoms with van der Waals surface area (Å²) in [6.45, 7) is 1.42. The first-order valence-electron chi connectivity index (χ1n) is 4.61. The molecule has 0 spiro atoms. The largest absolute Gasteiger partial charge is 0.572 e.